The molecule has 4 rings (SSSR count). The van der Waals surface area contributed by atoms with Gasteiger partial charge in [0.2, 0.25) is 11.9 Å². The van der Waals surface area contributed by atoms with Gasteiger partial charge in [-0.3, -0.25) is 13.9 Å². The molecular formula is C21H18ClN5OS. The van der Waals surface area contributed by atoms with Crippen molar-refractivity contribution in [2.75, 3.05) is 11.1 Å². The van der Waals surface area contributed by atoms with Gasteiger partial charge in [-0.15, -0.1) is 10.2 Å². The molecule has 146 valence electrons. The number of para-hydroxylation sites is 1. The smallest absolute Gasteiger partial charge is 0.236 e. The summed E-state index contributed by atoms with van der Waals surface area (Å²) in [6, 6.07) is 21.1. The zero-order chi connectivity index (χ0) is 20.1. The highest BCUT2D eigenvalue weighted by Crippen LogP contribution is 2.23. The minimum atomic E-state index is -0.153. The van der Waals surface area contributed by atoms with Crippen molar-refractivity contribution in [2.24, 2.45) is 0 Å². The Bertz CT molecular complexity index is 1100. The molecule has 2 aromatic heterocycles. The van der Waals surface area contributed by atoms with Crippen LogP contribution in [0.15, 0.2) is 84.3 Å². The average Bonchev–Trinajstić information content (AvgIpc) is 3.39. The molecule has 2 heterocycles. The molecule has 2 aromatic carbocycles. The summed E-state index contributed by atoms with van der Waals surface area (Å²) in [5, 5.41) is 12.7. The zero-order valence-electron chi connectivity index (χ0n) is 15.4. The number of thioether (sulfide) groups is 1. The molecule has 0 saturated carbocycles. The molecule has 0 unspecified atom stereocenters. The first-order chi connectivity index (χ1) is 14.2. The van der Waals surface area contributed by atoms with Crippen LogP contribution < -0.4 is 5.32 Å². The largest absolute Gasteiger partial charge is 0.324 e. The second kappa shape index (κ2) is 8.98. The lowest BCUT2D eigenvalue weighted by Crippen LogP contribution is -2.15. The number of hydrogen-bond acceptors (Lipinski definition) is 4. The third kappa shape index (κ3) is 4.70. The lowest BCUT2D eigenvalue weighted by molar-refractivity contribution is -0.113. The molecule has 0 radical (unpaired) electrons. The number of rotatable bonds is 7. The lowest BCUT2D eigenvalue weighted by atomic mass is 10.2. The number of nitrogens with zero attached hydrogens (tertiary/aromatic N) is 4. The fraction of sp³-hybridized carbons (Fsp3) is 0.0952. The van der Waals surface area contributed by atoms with E-state index in [1.807, 2.05) is 64.0 Å². The van der Waals surface area contributed by atoms with E-state index in [2.05, 4.69) is 27.6 Å². The van der Waals surface area contributed by atoms with Crippen LogP contribution in [0.2, 0.25) is 5.02 Å². The van der Waals surface area contributed by atoms with Crippen LogP contribution in [0.4, 0.5) is 5.69 Å². The van der Waals surface area contributed by atoms with E-state index in [4.69, 9.17) is 11.6 Å². The van der Waals surface area contributed by atoms with E-state index in [1.165, 1.54) is 11.8 Å². The summed E-state index contributed by atoms with van der Waals surface area (Å²) in [7, 11) is 0. The highest BCUT2D eigenvalue weighted by Gasteiger charge is 2.16. The Morgan fingerprint density at radius 3 is 2.45 bits per heavy atom. The molecular weight excluding hydrogens is 406 g/mol. The van der Waals surface area contributed by atoms with Crippen LogP contribution in [0.25, 0.3) is 5.95 Å². The van der Waals surface area contributed by atoms with Gasteiger partial charge in [0.05, 0.1) is 23.0 Å². The van der Waals surface area contributed by atoms with E-state index in [1.54, 1.807) is 12.1 Å². The Morgan fingerprint density at radius 1 is 0.966 bits per heavy atom. The molecule has 0 spiro atoms. The zero-order valence-corrected chi connectivity index (χ0v) is 17.0. The second-order valence-corrected chi connectivity index (χ2v) is 7.61. The SMILES string of the molecule is O=C(CSc1nnc(-n2cccc2)n1Cc1ccccc1)Nc1ccccc1Cl. The number of carbonyl (C=O) groups excluding carboxylic acids is 1. The molecule has 0 atom stereocenters. The molecule has 1 N–H and O–H groups in total. The molecule has 8 heteroatoms. The van der Waals surface area contributed by atoms with Crippen molar-refractivity contribution in [1.82, 2.24) is 19.3 Å². The average molecular weight is 424 g/mol. The van der Waals surface area contributed by atoms with Crippen LogP contribution in [0, 0.1) is 0 Å². The summed E-state index contributed by atoms with van der Waals surface area (Å²) in [5.74, 6) is 0.747. The van der Waals surface area contributed by atoms with Gasteiger partial charge in [-0.2, -0.15) is 0 Å². The first-order valence-corrected chi connectivity index (χ1v) is 10.3. The lowest BCUT2D eigenvalue weighted by Gasteiger charge is -2.11. The first kappa shape index (κ1) is 19.3. The van der Waals surface area contributed by atoms with Crippen LogP contribution in [0.5, 0.6) is 0 Å². The summed E-state index contributed by atoms with van der Waals surface area (Å²) < 4.78 is 3.91. The number of aromatic nitrogens is 4. The number of benzene rings is 2. The van der Waals surface area contributed by atoms with E-state index in [0.29, 0.717) is 28.4 Å². The van der Waals surface area contributed by atoms with Gasteiger partial charge in [0, 0.05) is 12.4 Å². The van der Waals surface area contributed by atoms with Crippen LogP contribution >= 0.6 is 23.4 Å². The van der Waals surface area contributed by atoms with Gasteiger partial charge in [0.15, 0.2) is 5.16 Å². The molecule has 0 aliphatic carbocycles. The van der Waals surface area contributed by atoms with Crippen molar-refractivity contribution in [3.8, 4) is 5.95 Å². The van der Waals surface area contributed by atoms with E-state index >= 15 is 0 Å². The Kier molecular flexibility index (Phi) is 5.97. The van der Waals surface area contributed by atoms with Crippen LogP contribution in [0.3, 0.4) is 0 Å². The van der Waals surface area contributed by atoms with Crippen LogP contribution in [-0.4, -0.2) is 31.0 Å². The summed E-state index contributed by atoms with van der Waals surface area (Å²) in [6.07, 6.45) is 3.84. The maximum absolute atomic E-state index is 12.4. The Labute approximate surface area is 177 Å². The fourth-order valence-electron chi connectivity index (χ4n) is 2.83. The molecule has 6 nitrogen and oxygen atoms in total. The number of anilines is 1. The summed E-state index contributed by atoms with van der Waals surface area (Å²) in [4.78, 5) is 12.4. The van der Waals surface area contributed by atoms with Crippen molar-refractivity contribution in [1.29, 1.82) is 0 Å². The molecule has 0 saturated heterocycles. The first-order valence-electron chi connectivity index (χ1n) is 8.98. The molecule has 0 aliphatic heterocycles. The standard InChI is InChI=1S/C21H18ClN5OS/c22-17-10-4-5-11-18(17)23-19(28)15-29-21-25-24-20(26-12-6-7-13-26)27(21)14-16-8-2-1-3-9-16/h1-13H,14-15H2,(H,23,28). The third-order valence-electron chi connectivity index (χ3n) is 4.20. The van der Waals surface area contributed by atoms with E-state index < -0.39 is 0 Å². The van der Waals surface area contributed by atoms with Crippen molar-refractivity contribution < 1.29 is 4.79 Å². The number of carbonyl (C=O) groups is 1. The monoisotopic (exact) mass is 423 g/mol. The summed E-state index contributed by atoms with van der Waals surface area (Å²) in [6.45, 7) is 0.607. The molecule has 0 aliphatic rings. The normalized spacial score (nSPS) is 10.8. The van der Waals surface area contributed by atoms with Gasteiger partial charge < -0.3 is 5.32 Å². The fourth-order valence-corrected chi connectivity index (χ4v) is 3.75. The number of hydrogen-bond donors (Lipinski definition) is 1. The molecule has 0 fully saturated rings. The van der Waals surface area contributed by atoms with Crippen molar-refractivity contribution >= 4 is 35.0 Å². The molecule has 4 aromatic rings. The van der Waals surface area contributed by atoms with Gasteiger partial charge in [-0.1, -0.05) is 65.8 Å². The van der Waals surface area contributed by atoms with Gasteiger partial charge in [0.25, 0.3) is 0 Å². The highest BCUT2D eigenvalue weighted by molar-refractivity contribution is 7.99. The van der Waals surface area contributed by atoms with Crippen molar-refractivity contribution in [2.45, 2.75) is 11.7 Å². The quantitative estimate of drug-likeness (QED) is 0.444. The van der Waals surface area contributed by atoms with Gasteiger partial charge >= 0.3 is 0 Å². The predicted octanol–water partition coefficient (Wildman–Crippen LogP) is 4.50. The highest BCUT2D eigenvalue weighted by atomic mass is 35.5. The van der Waals surface area contributed by atoms with Gasteiger partial charge in [0.1, 0.15) is 0 Å². The van der Waals surface area contributed by atoms with Gasteiger partial charge in [-0.05, 0) is 29.8 Å². The number of halogens is 1. The number of amides is 1. The van der Waals surface area contributed by atoms with Crippen molar-refractivity contribution in [3.63, 3.8) is 0 Å². The second-order valence-electron chi connectivity index (χ2n) is 6.26. The van der Waals surface area contributed by atoms with E-state index in [9.17, 15) is 4.79 Å². The summed E-state index contributed by atoms with van der Waals surface area (Å²) >= 11 is 7.45. The van der Waals surface area contributed by atoms with Crippen LogP contribution in [0.1, 0.15) is 5.56 Å². The molecule has 29 heavy (non-hydrogen) atoms. The Hall–Kier alpha value is -3.03. The topological polar surface area (TPSA) is 64.7 Å². The Morgan fingerprint density at radius 2 is 1.69 bits per heavy atom. The maximum atomic E-state index is 12.4. The maximum Gasteiger partial charge on any atom is 0.236 e. The predicted molar refractivity (Wildman–Crippen MR) is 116 cm³/mol. The third-order valence-corrected chi connectivity index (χ3v) is 5.49. The van der Waals surface area contributed by atoms with Gasteiger partial charge in [-0.25, -0.2) is 0 Å². The Balaban J connectivity index is 1.52. The minimum Gasteiger partial charge on any atom is -0.324 e. The van der Waals surface area contributed by atoms with E-state index in [0.717, 1.165) is 5.56 Å². The summed E-state index contributed by atoms with van der Waals surface area (Å²) in [5.41, 5.74) is 1.72. The minimum absolute atomic E-state index is 0.153. The van der Waals surface area contributed by atoms with E-state index in [-0.39, 0.29) is 11.7 Å². The molecule has 1 amide bonds. The van der Waals surface area contributed by atoms with Crippen molar-refractivity contribution in [3.05, 3.63) is 89.7 Å². The number of nitrogens with one attached hydrogen (secondary N) is 1. The molecule has 0 bridgehead atoms. The van der Waals surface area contributed by atoms with Crippen LogP contribution in [-0.2, 0) is 11.3 Å².